The van der Waals surface area contributed by atoms with E-state index in [1.54, 1.807) is 11.3 Å². The molecule has 0 aliphatic carbocycles. The lowest BCUT2D eigenvalue weighted by Crippen LogP contribution is -2.29. The van der Waals surface area contributed by atoms with Crippen molar-refractivity contribution in [3.05, 3.63) is 56.2 Å². The third-order valence-corrected chi connectivity index (χ3v) is 4.84. The number of esters is 1. The molecule has 0 aliphatic rings. The van der Waals surface area contributed by atoms with Crippen LogP contribution in [0.25, 0.3) is 0 Å². The van der Waals surface area contributed by atoms with Crippen LogP contribution in [0.1, 0.15) is 29.0 Å². The van der Waals surface area contributed by atoms with Gasteiger partial charge in [-0.1, -0.05) is 34.1 Å². The molecule has 0 amide bonds. The predicted molar refractivity (Wildman–Crippen MR) is 89.4 cm³/mol. The fourth-order valence-electron chi connectivity index (χ4n) is 1.97. The van der Waals surface area contributed by atoms with Crippen LogP contribution >= 0.6 is 27.3 Å². The second-order valence-corrected chi connectivity index (χ2v) is 6.54. The highest BCUT2D eigenvalue weighted by atomic mass is 79.9. The van der Waals surface area contributed by atoms with Gasteiger partial charge in [-0.2, -0.15) is 0 Å². The van der Waals surface area contributed by atoms with Crippen LogP contribution in [0.15, 0.2) is 40.2 Å². The summed E-state index contributed by atoms with van der Waals surface area (Å²) in [5.74, 6) is -0.246. The minimum absolute atomic E-state index is 0.246. The van der Waals surface area contributed by atoms with Crippen molar-refractivity contribution in [2.24, 2.45) is 0 Å². The number of thiophene rings is 1. The molecule has 0 saturated carbocycles. The van der Waals surface area contributed by atoms with E-state index in [2.05, 4.69) is 21.2 Å². The fraction of sp³-hybridized carbons (Fsp3) is 0.312. The van der Waals surface area contributed by atoms with Gasteiger partial charge in [0.2, 0.25) is 0 Å². The van der Waals surface area contributed by atoms with Crippen molar-refractivity contribution in [1.29, 1.82) is 0 Å². The molecule has 1 N–H and O–H groups in total. The Hall–Kier alpha value is -1.17. The zero-order valence-corrected chi connectivity index (χ0v) is 14.5. The zero-order chi connectivity index (χ0) is 15.2. The Bertz CT molecular complexity index is 598. The van der Waals surface area contributed by atoms with E-state index in [-0.39, 0.29) is 5.97 Å². The summed E-state index contributed by atoms with van der Waals surface area (Å²) in [5, 5.41) is 5.31. The number of hydrogen-bond donors (Lipinski definition) is 1. The van der Waals surface area contributed by atoms with Crippen LogP contribution in [0.2, 0.25) is 0 Å². The summed E-state index contributed by atoms with van der Waals surface area (Å²) in [6.45, 7) is 4.86. The Kier molecular flexibility index (Phi) is 5.96. The van der Waals surface area contributed by atoms with Crippen LogP contribution in [0.5, 0.6) is 0 Å². The highest BCUT2D eigenvalue weighted by molar-refractivity contribution is 9.10. The van der Waals surface area contributed by atoms with E-state index < -0.39 is 6.04 Å². The summed E-state index contributed by atoms with van der Waals surface area (Å²) >= 11 is 5.18. The lowest BCUT2D eigenvalue weighted by atomic mass is 10.1. The van der Waals surface area contributed by atoms with Gasteiger partial charge < -0.3 is 4.74 Å². The smallest absolute Gasteiger partial charge is 0.327 e. The van der Waals surface area contributed by atoms with Crippen molar-refractivity contribution >= 4 is 33.2 Å². The second kappa shape index (κ2) is 7.73. The number of benzene rings is 1. The number of ether oxygens (including phenoxy) is 1. The summed E-state index contributed by atoms with van der Waals surface area (Å²) < 4.78 is 6.18. The zero-order valence-electron chi connectivity index (χ0n) is 12.1. The highest BCUT2D eigenvalue weighted by Crippen LogP contribution is 2.23. The van der Waals surface area contributed by atoms with Gasteiger partial charge in [-0.3, -0.25) is 5.32 Å². The summed E-state index contributed by atoms with van der Waals surface area (Å²) in [7, 11) is 0. The fourth-order valence-corrected chi connectivity index (χ4v) is 3.02. The molecule has 3 nitrogen and oxygen atoms in total. The van der Waals surface area contributed by atoms with Crippen molar-refractivity contribution in [3.63, 3.8) is 0 Å². The van der Waals surface area contributed by atoms with Gasteiger partial charge in [0, 0.05) is 15.9 Å². The molecule has 1 aromatic carbocycles. The van der Waals surface area contributed by atoms with E-state index in [1.807, 2.05) is 49.6 Å². The Labute approximate surface area is 137 Å². The van der Waals surface area contributed by atoms with Gasteiger partial charge in [0.05, 0.1) is 6.61 Å². The van der Waals surface area contributed by atoms with Crippen LogP contribution in [0, 0.1) is 6.92 Å². The van der Waals surface area contributed by atoms with Crippen molar-refractivity contribution < 1.29 is 9.53 Å². The maximum atomic E-state index is 12.2. The maximum absolute atomic E-state index is 12.2. The maximum Gasteiger partial charge on any atom is 0.327 e. The molecule has 112 valence electrons. The summed E-state index contributed by atoms with van der Waals surface area (Å²) in [6.07, 6.45) is 0. The average molecular weight is 368 g/mol. The Morgan fingerprint density at radius 2 is 2.24 bits per heavy atom. The number of carbonyl (C=O) groups excluding carboxylic acids is 1. The molecule has 5 heteroatoms. The molecule has 1 heterocycles. The van der Waals surface area contributed by atoms with E-state index >= 15 is 0 Å². The lowest BCUT2D eigenvalue weighted by Gasteiger charge is -2.18. The van der Waals surface area contributed by atoms with Crippen molar-refractivity contribution in [2.45, 2.75) is 26.4 Å². The standard InChI is InChI=1S/C16H18BrNO2S/c1-3-20-16(19)15(18-10-13-5-4-8-21-13)12-7-6-11(2)14(17)9-12/h4-9,15,18H,3,10H2,1-2H3. The molecule has 0 radical (unpaired) electrons. The first kappa shape index (κ1) is 16.2. The first-order chi connectivity index (χ1) is 10.1. The largest absolute Gasteiger partial charge is 0.465 e. The summed E-state index contributed by atoms with van der Waals surface area (Å²) in [4.78, 5) is 13.4. The molecule has 0 aliphatic heterocycles. The molecule has 0 bridgehead atoms. The van der Waals surface area contributed by atoms with E-state index in [0.29, 0.717) is 13.2 Å². The minimum Gasteiger partial charge on any atom is -0.465 e. The highest BCUT2D eigenvalue weighted by Gasteiger charge is 2.22. The molecule has 1 atom stereocenters. The number of halogens is 1. The number of nitrogens with one attached hydrogen (secondary N) is 1. The predicted octanol–water partition coefficient (Wildman–Crippen LogP) is 4.21. The van der Waals surface area contributed by atoms with Gasteiger partial charge in [-0.15, -0.1) is 11.3 Å². The monoisotopic (exact) mass is 367 g/mol. The third kappa shape index (κ3) is 4.40. The molecular formula is C16H18BrNO2S. The van der Waals surface area contributed by atoms with Gasteiger partial charge in [0.1, 0.15) is 6.04 Å². The molecule has 2 aromatic rings. The summed E-state index contributed by atoms with van der Waals surface area (Å²) in [6, 6.07) is 9.53. The quantitative estimate of drug-likeness (QED) is 0.777. The number of hydrogen-bond acceptors (Lipinski definition) is 4. The molecule has 0 saturated heterocycles. The Morgan fingerprint density at radius 1 is 1.43 bits per heavy atom. The van der Waals surface area contributed by atoms with Gasteiger partial charge in [0.15, 0.2) is 0 Å². The molecular weight excluding hydrogens is 350 g/mol. The van der Waals surface area contributed by atoms with Crippen molar-refractivity contribution in [3.8, 4) is 0 Å². The molecule has 2 rings (SSSR count). The third-order valence-electron chi connectivity index (χ3n) is 3.11. The molecule has 0 spiro atoms. The van der Waals surface area contributed by atoms with Gasteiger partial charge in [-0.05, 0) is 42.5 Å². The Balaban J connectivity index is 2.18. The van der Waals surface area contributed by atoms with Gasteiger partial charge >= 0.3 is 5.97 Å². The first-order valence-electron chi connectivity index (χ1n) is 6.80. The van der Waals surface area contributed by atoms with Crippen LogP contribution in [0.3, 0.4) is 0 Å². The van der Waals surface area contributed by atoms with E-state index in [9.17, 15) is 4.79 Å². The van der Waals surface area contributed by atoms with Crippen LogP contribution in [0.4, 0.5) is 0 Å². The topological polar surface area (TPSA) is 38.3 Å². The molecule has 1 aromatic heterocycles. The van der Waals surface area contributed by atoms with Crippen LogP contribution in [-0.2, 0) is 16.1 Å². The second-order valence-electron chi connectivity index (χ2n) is 4.65. The average Bonchev–Trinajstić information content (AvgIpc) is 2.96. The SMILES string of the molecule is CCOC(=O)C(NCc1cccs1)c1ccc(C)c(Br)c1. The van der Waals surface area contributed by atoms with Gasteiger partial charge in [-0.25, -0.2) is 4.79 Å². The van der Waals surface area contributed by atoms with Crippen molar-refractivity contribution in [2.75, 3.05) is 6.61 Å². The van der Waals surface area contributed by atoms with E-state index in [4.69, 9.17) is 4.74 Å². The molecule has 21 heavy (non-hydrogen) atoms. The van der Waals surface area contributed by atoms with Crippen molar-refractivity contribution in [1.82, 2.24) is 5.32 Å². The van der Waals surface area contributed by atoms with Gasteiger partial charge in [0.25, 0.3) is 0 Å². The summed E-state index contributed by atoms with van der Waals surface area (Å²) in [5.41, 5.74) is 2.04. The Morgan fingerprint density at radius 3 is 2.86 bits per heavy atom. The minimum atomic E-state index is -0.455. The van der Waals surface area contributed by atoms with Crippen LogP contribution < -0.4 is 5.32 Å². The number of rotatable bonds is 6. The number of carbonyl (C=O) groups is 1. The molecule has 0 fully saturated rings. The van der Waals surface area contributed by atoms with E-state index in [0.717, 1.165) is 15.6 Å². The lowest BCUT2D eigenvalue weighted by molar-refractivity contribution is -0.145. The van der Waals surface area contributed by atoms with E-state index in [1.165, 1.54) is 4.88 Å². The molecule has 1 unspecified atom stereocenters. The first-order valence-corrected chi connectivity index (χ1v) is 8.47. The normalized spacial score (nSPS) is 12.1. The number of aryl methyl sites for hydroxylation is 1. The van der Waals surface area contributed by atoms with Crippen LogP contribution in [-0.4, -0.2) is 12.6 Å².